The van der Waals surface area contributed by atoms with Crippen LogP contribution in [0.25, 0.3) is 0 Å². The molecule has 0 bridgehead atoms. The van der Waals surface area contributed by atoms with Crippen molar-refractivity contribution in [3.05, 3.63) is 47.7 Å². The highest BCUT2D eigenvalue weighted by Gasteiger charge is 2.22. The van der Waals surface area contributed by atoms with Gasteiger partial charge in [-0.25, -0.2) is 4.68 Å². The number of nitrogens with zero attached hydrogens (tertiary/aromatic N) is 4. The van der Waals surface area contributed by atoms with Gasteiger partial charge in [0.2, 0.25) is 5.91 Å². The number of anilines is 1. The van der Waals surface area contributed by atoms with Gasteiger partial charge in [0, 0.05) is 44.2 Å². The predicted molar refractivity (Wildman–Crippen MR) is 121 cm³/mol. The summed E-state index contributed by atoms with van der Waals surface area (Å²) in [6.45, 7) is 5.87. The number of carbonyl (C=O) groups is 2. The van der Waals surface area contributed by atoms with Crippen LogP contribution in [-0.4, -0.2) is 64.1 Å². The van der Waals surface area contributed by atoms with Crippen molar-refractivity contribution in [2.45, 2.75) is 51.5 Å². The minimum Gasteiger partial charge on any atom is -0.337 e. The number of carbonyl (C=O) groups excluding carboxylic acids is 2. The van der Waals surface area contributed by atoms with E-state index in [0.29, 0.717) is 25.6 Å². The molecule has 7 nitrogen and oxygen atoms in total. The van der Waals surface area contributed by atoms with E-state index in [0.717, 1.165) is 55.8 Å². The second-order valence-corrected chi connectivity index (χ2v) is 8.75. The van der Waals surface area contributed by atoms with E-state index >= 15 is 0 Å². The second kappa shape index (κ2) is 10.1. The molecule has 166 valence electrons. The lowest BCUT2D eigenvalue weighted by atomic mass is 10.1. The van der Waals surface area contributed by atoms with E-state index in [1.807, 2.05) is 46.8 Å². The molecule has 1 aliphatic heterocycles. The summed E-state index contributed by atoms with van der Waals surface area (Å²) in [5, 5.41) is 7.47. The zero-order valence-electron chi connectivity index (χ0n) is 18.4. The van der Waals surface area contributed by atoms with Gasteiger partial charge in [0.1, 0.15) is 5.82 Å². The van der Waals surface area contributed by atoms with Gasteiger partial charge in [-0.05, 0) is 44.9 Å². The van der Waals surface area contributed by atoms with E-state index in [1.54, 1.807) is 6.20 Å². The van der Waals surface area contributed by atoms with Gasteiger partial charge >= 0.3 is 0 Å². The fourth-order valence-corrected chi connectivity index (χ4v) is 4.68. The first-order valence-electron chi connectivity index (χ1n) is 11.5. The molecule has 4 rings (SSSR count). The Labute approximate surface area is 184 Å². The van der Waals surface area contributed by atoms with E-state index in [2.05, 4.69) is 15.3 Å². The zero-order valence-corrected chi connectivity index (χ0v) is 18.4. The number of benzene rings is 1. The summed E-state index contributed by atoms with van der Waals surface area (Å²) in [5.41, 5.74) is 1.86. The summed E-state index contributed by atoms with van der Waals surface area (Å²) < 4.78 is 1.98. The molecule has 2 heterocycles. The number of amides is 2. The van der Waals surface area contributed by atoms with Gasteiger partial charge in [-0.3, -0.25) is 9.59 Å². The van der Waals surface area contributed by atoms with Crippen LogP contribution in [0, 0.1) is 6.92 Å². The van der Waals surface area contributed by atoms with Crippen molar-refractivity contribution >= 4 is 17.6 Å². The van der Waals surface area contributed by atoms with E-state index in [9.17, 15) is 9.59 Å². The summed E-state index contributed by atoms with van der Waals surface area (Å²) in [7, 11) is 0. The maximum Gasteiger partial charge on any atom is 0.253 e. The minimum absolute atomic E-state index is 0.0247. The molecule has 1 saturated carbocycles. The number of aryl methyl sites for hydroxylation is 1. The first-order valence-corrected chi connectivity index (χ1v) is 11.5. The Morgan fingerprint density at radius 2 is 1.90 bits per heavy atom. The van der Waals surface area contributed by atoms with Gasteiger partial charge in [0.25, 0.3) is 5.91 Å². The average molecular weight is 424 g/mol. The van der Waals surface area contributed by atoms with Crippen LogP contribution in [0.1, 0.15) is 60.5 Å². The van der Waals surface area contributed by atoms with Crippen molar-refractivity contribution < 1.29 is 9.59 Å². The van der Waals surface area contributed by atoms with E-state index in [4.69, 9.17) is 0 Å². The van der Waals surface area contributed by atoms with Crippen molar-refractivity contribution in [2.24, 2.45) is 0 Å². The lowest BCUT2D eigenvalue weighted by Gasteiger charge is -2.22. The minimum atomic E-state index is 0.0247. The standard InChI is InChI=1S/C24H33N5O2/c1-19-6-4-7-20(18-19)24(31)28-14-5-13-27(16-17-28)15-11-23(30)26-22-10-12-25-29(22)21-8-2-3-9-21/h4,6-7,10,12,18,21H,2-3,5,8-9,11,13-17H2,1H3,(H,26,30). The molecule has 2 fully saturated rings. The SMILES string of the molecule is Cc1cccc(C(=O)N2CCCN(CCC(=O)Nc3ccnn3C3CCCC3)CC2)c1. The van der Waals surface area contributed by atoms with Crippen molar-refractivity contribution in [3.63, 3.8) is 0 Å². The highest BCUT2D eigenvalue weighted by molar-refractivity contribution is 5.94. The van der Waals surface area contributed by atoms with Crippen LogP contribution in [0.15, 0.2) is 36.5 Å². The molecule has 0 spiro atoms. The molecule has 1 aromatic heterocycles. The third-order valence-electron chi connectivity index (χ3n) is 6.40. The fraction of sp³-hybridized carbons (Fsp3) is 0.542. The van der Waals surface area contributed by atoms with Crippen molar-refractivity contribution in [3.8, 4) is 0 Å². The monoisotopic (exact) mass is 423 g/mol. The molecular weight excluding hydrogens is 390 g/mol. The molecule has 2 aromatic rings. The topological polar surface area (TPSA) is 70.5 Å². The van der Waals surface area contributed by atoms with Crippen molar-refractivity contribution in [1.29, 1.82) is 0 Å². The Balaban J connectivity index is 1.25. The Kier molecular flexibility index (Phi) is 7.02. The van der Waals surface area contributed by atoms with Crippen LogP contribution in [0.5, 0.6) is 0 Å². The third-order valence-corrected chi connectivity index (χ3v) is 6.40. The van der Waals surface area contributed by atoms with Gasteiger partial charge in [-0.1, -0.05) is 30.5 Å². The van der Waals surface area contributed by atoms with Crippen LogP contribution >= 0.6 is 0 Å². The van der Waals surface area contributed by atoms with Crippen LogP contribution in [0.3, 0.4) is 0 Å². The molecule has 1 aliphatic carbocycles. The van der Waals surface area contributed by atoms with Crippen LogP contribution in [0.4, 0.5) is 5.82 Å². The zero-order chi connectivity index (χ0) is 21.6. The summed E-state index contributed by atoms with van der Waals surface area (Å²) in [5.74, 6) is 0.933. The molecule has 0 radical (unpaired) electrons. The van der Waals surface area contributed by atoms with Gasteiger partial charge < -0.3 is 15.1 Å². The largest absolute Gasteiger partial charge is 0.337 e. The van der Waals surface area contributed by atoms with E-state index < -0.39 is 0 Å². The van der Waals surface area contributed by atoms with Crippen LogP contribution in [-0.2, 0) is 4.79 Å². The van der Waals surface area contributed by atoms with Crippen LogP contribution < -0.4 is 5.32 Å². The summed E-state index contributed by atoms with van der Waals surface area (Å²) in [6.07, 6.45) is 7.87. The average Bonchev–Trinajstić information content (AvgIpc) is 3.39. The van der Waals surface area contributed by atoms with Crippen molar-refractivity contribution in [1.82, 2.24) is 19.6 Å². The molecular formula is C24H33N5O2. The first-order chi connectivity index (χ1) is 15.1. The lowest BCUT2D eigenvalue weighted by molar-refractivity contribution is -0.116. The molecule has 1 saturated heterocycles. The number of aromatic nitrogens is 2. The maximum atomic E-state index is 12.8. The Morgan fingerprint density at radius 3 is 2.71 bits per heavy atom. The van der Waals surface area contributed by atoms with E-state index in [1.165, 1.54) is 12.8 Å². The lowest BCUT2D eigenvalue weighted by Crippen LogP contribution is -2.36. The summed E-state index contributed by atoms with van der Waals surface area (Å²) in [6, 6.07) is 10.1. The Morgan fingerprint density at radius 1 is 1.06 bits per heavy atom. The van der Waals surface area contributed by atoms with Crippen molar-refractivity contribution in [2.75, 3.05) is 38.0 Å². The summed E-state index contributed by atoms with van der Waals surface area (Å²) >= 11 is 0. The Bertz CT molecular complexity index is 903. The number of hydrogen-bond donors (Lipinski definition) is 1. The highest BCUT2D eigenvalue weighted by atomic mass is 16.2. The third kappa shape index (κ3) is 5.53. The Hall–Kier alpha value is -2.67. The molecule has 7 heteroatoms. The van der Waals surface area contributed by atoms with Crippen LogP contribution in [0.2, 0.25) is 0 Å². The van der Waals surface area contributed by atoms with Gasteiger partial charge in [-0.15, -0.1) is 0 Å². The first kappa shape index (κ1) is 21.6. The smallest absolute Gasteiger partial charge is 0.253 e. The molecule has 1 N–H and O–H groups in total. The second-order valence-electron chi connectivity index (χ2n) is 8.75. The molecule has 1 aromatic carbocycles. The number of nitrogens with one attached hydrogen (secondary N) is 1. The highest BCUT2D eigenvalue weighted by Crippen LogP contribution is 2.31. The van der Waals surface area contributed by atoms with E-state index in [-0.39, 0.29) is 11.8 Å². The van der Waals surface area contributed by atoms with Gasteiger partial charge in [0.15, 0.2) is 0 Å². The fourth-order valence-electron chi connectivity index (χ4n) is 4.68. The number of hydrogen-bond acceptors (Lipinski definition) is 4. The molecule has 31 heavy (non-hydrogen) atoms. The van der Waals surface area contributed by atoms with Gasteiger partial charge in [0.05, 0.1) is 12.2 Å². The predicted octanol–water partition coefficient (Wildman–Crippen LogP) is 3.48. The quantitative estimate of drug-likeness (QED) is 0.772. The number of rotatable bonds is 6. The van der Waals surface area contributed by atoms with Gasteiger partial charge in [-0.2, -0.15) is 5.10 Å². The molecule has 2 amide bonds. The molecule has 0 atom stereocenters. The molecule has 0 unspecified atom stereocenters. The summed E-state index contributed by atoms with van der Waals surface area (Å²) in [4.78, 5) is 29.6. The normalized spacial score (nSPS) is 18.2. The molecule has 2 aliphatic rings. The maximum absolute atomic E-state index is 12.8.